The average molecular weight is 368 g/mol. The van der Waals surface area contributed by atoms with E-state index in [-0.39, 0.29) is 18.2 Å². The number of benzene rings is 1. The standard InChI is InChI=1S/C18H28N2O4S/c1-25(22,23)20-17-6-3-9-19-18(17)12-24-16-8-7-14(11-16)13-4-2-5-15(21)10-13/h2,4-5,10,14,16-21H,3,6-9,11-12H2,1H3/t14-,16+,17-,18-/m0/s1. The maximum atomic E-state index is 11.5. The first-order valence-corrected chi connectivity index (χ1v) is 10.9. The van der Waals surface area contributed by atoms with Gasteiger partial charge in [0.2, 0.25) is 10.0 Å². The maximum Gasteiger partial charge on any atom is 0.209 e. The lowest BCUT2D eigenvalue weighted by molar-refractivity contribution is 0.0321. The van der Waals surface area contributed by atoms with Gasteiger partial charge in [0.15, 0.2) is 0 Å². The molecule has 0 unspecified atom stereocenters. The Hall–Kier alpha value is -1.15. The third-order valence-electron chi connectivity index (χ3n) is 5.19. The molecule has 1 aliphatic heterocycles. The maximum absolute atomic E-state index is 11.5. The Kier molecular flexibility index (Phi) is 5.99. The lowest BCUT2D eigenvalue weighted by atomic mass is 9.97. The molecule has 2 fully saturated rings. The molecule has 1 aliphatic carbocycles. The number of sulfonamides is 1. The van der Waals surface area contributed by atoms with Crippen molar-refractivity contribution in [2.45, 2.75) is 56.2 Å². The molecule has 4 atom stereocenters. The fourth-order valence-corrected chi connectivity index (χ4v) is 4.79. The lowest BCUT2D eigenvalue weighted by Crippen LogP contribution is -2.55. The molecule has 6 nitrogen and oxygen atoms in total. The van der Waals surface area contributed by atoms with Crippen LogP contribution in [0.4, 0.5) is 0 Å². The van der Waals surface area contributed by atoms with E-state index in [2.05, 4.69) is 16.1 Å². The van der Waals surface area contributed by atoms with E-state index in [1.54, 1.807) is 6.07 Å². The SMILES string of the molecule is CS(=O)(=O)N[C@H]1CCCN[C@H]1CO[C@@H]1CC[C@H](c2cccc(O)c2)C1. The summed E-state index contributed by atoms with van der Waals surface area (Å²) in [6.07, 6.45) is 6.19. The van der Waals surface area contributed by atoms with Crippen molar-refractivity contribution in [3.05, 3.63) is 29.8 Å². The van der Waals surface area contributed by atoms with Gasteiger partial charge in [-0.1, -0.05) is 12.1 Å². The van der Waals surface area contributed by atoms with Gasteiger partial charge in [0, 0.05) is 12.1 Å². The average Bonchev–Trinajstić information content (AvgIpc) is 3.02. The molecule has 2 aliphatic rings. The number of hydrogen-bond acceptors (Lipinski definition) is 5. The first-order chi connectivity index (χ1) is 11.9. The third-order valence-corrected chi connectivity index (χ3v) is 5.92. The summed E-state index contributed by atoms with van der Waals surface area (Å²) in [6.45, 7) is 1.41. The first kappa shape index (κ1) is 18.6. The molecule has 25 heavy (non-hydrogen) atoms. The molecule has 0 bridgehead atoms. The molecule has 7 heteroatoms. The molecule has 0 amide bonds. The highest BCUT2D eigenvalue weighted by Crippen LogP contribution is 2.37. The highest BCUT2D eigenvalue weighted by atomic mass is 32.2. The molecule has 1 aromatic rings. The van der Waals surface area contributed by atoms with E-state index < -0.39 is 10.0 Å². The molecule has 1 heterocycles. The summed E-state index contributed by atoms with van der Waals surface area (Å²) in [5.41, 5.74) is 1.17. The smallest absolute Gasteiger partial charge is 0.209 e. The molecule has 3 N–H and O–H groups in total. The van der Waals surface area contributed by atoms with Crippen molar-refractivity contribution in [3.63, 3.8) is 0 Å². The highest BCUT2D eigenvalue weighted by Gasteiger charge is 2.31. The van der Waals surface area contributed by atoms with Crippen LogP contribution in [-0.2, 0) is 14.8 Å². The molecule has 3 rings (SSSR count). The predicted molar refractivity (Wildman–Crippen MR) is 97.2 cm³/mol. The van der Waals surface area contributed by atoms with Gasteiger partial charge in [-0.05, 0) is 62.3 Å². The quantitative estimate of drug-likeness (QED) is 0.712. The summed E-state index contributed by atoms with van der Waals surface area (Å²) in [5.74, 6) is 0.726. The van der Waals surface area contributed by atoms with Crippen molar-refractivity contribution in [1.29, 1.82) is 0 Å². The summed E-state index contributed by atoms with van der Waals surface area (Å²) < 4.78 is 31.9. The van der Waals surface area contributed by atoms with E-state index in [1.807, 2.05) is 12.1 Å². The van der Waals surface area contributed by atoms with E-state index in [4.69, 9.17) is 4.74 Å². The summed E-state index contributed by atoms with van der Waals surface area (Å²) in [7, 11) is -3.21. The Bertz CT molecular complexity index is 679. The highest BCUT2D eigenvalue weighted by molar-refractivity contribution is 7.88. The molecule has 1 aromatic carbocycles. The van der Waals surface area contributed by atoms with Crippen LogP contribution in [0.2, 0.25) is 0 Å². The molecule has 140 valence electrons. The Morgan fingerprint density at radius 2 is 2.16 bits per heavy atom. The second kappa shape index (κ2) is 8.03. The van der Waals surface area contributed by atoms with E-state index in [9.17, 15) is 13.5 Å². The Morgan fingerprint density at radius 3 is 2.92 bits per heavy atom. The zero-order chi connectivity index (χ0) is 17.9. The van der Waals surface area contributed by atoms with Gasteiger partial charge in [0.25, 0.3) is 0 Å². The van der Waals surface area contributed by atoms with Gasteiger partial charge in [0.1, 0.15) is 5.75 Å². The van der Waals surface area contributed by atoms with Crippen LogP contribution < -0.4 is 10.0 Å². The summed E-state index contributed by atoms with van der Waals surface area (Å²) in [5, 5.41) is 13.0. The van der Waals surface area contributed by atoms with Gasteiger partial charge in [-0.25, -0.2) is 13.1 Å². The van der Waals surface area contributed by atoms with Crippen molar-refractivity contribution in [3.8, 4) is 5.75 Å². The van der Waals surface area contributed by atoms with Crippen LogP contribution in [0.15, 0.2) is 24.3 Å². The number of ether oxygens (including phenoxy) is 1. The number of phenolic OH excluding ortho intramolecular Hbond substituents is 1. The zero-order valence-corrected chi connectivity index (χ0v) is 15.5. The molecular weight excluding hydrogens is 340 g/mol. The number of hydrogen-bond donors (Lipinski definition) is 3. The minimum Gasteiger partial charge on any atom is -0.508 e. The molecule has 0 aromatic heterocycles. The van der Waals surface area contributed by atoms with Crippen LogP contribution >= 0.6 is 0 Å². The molecule has 0 radical (unpaired) electrons. The van der Waals surface area contributed by atoms with E-state index in [1.165, 1.54) is 11.8 Å². The fraction of sp³-hybridized carbons (Fsp3) is 0.667. The number of rotatable bonds is 6. The largest absolute Gasteiger partial charge is 0.508 e. The van der Waals surface area contributed by atoms with Crippen molar-refractivity contribution in [1.82, 2.24) is 10.0 Å². The van der Waals surface area contributed by atoms with Crippen LogP contribution in [0.1, 0.15) is 43.6 Å². The molecule has 1 saturated carbocycles. The van der Waals surface area contributed by atoms with Gasteiger partial charge in [0.05, 0.1) is 19.0 Å². The number of phenols is 1. The molecular formula is C18H28N2O4S. The van der Waals surface area contributed by atoms with Gasteiger partial charge >= 0.3 is 0 Å². The topological polar surface area (TPSA) is 87.7 Å². The summed E-state index contributed by atoms with van der Waals surface area (Å²) >= 11 is 0. The summed E-state index contributed by atoms with van der Waals surface area (Å²) in [6, 6.07) is 7.38. The van der Waals surface area contributed by atoms with E-state index >= 15 is 0 Å². The number of nitrogens with one attached hydrogen (secondary N) is 2. The third kappa shape index (κ3) is 5.41. The monoisotopic (exact) mass is 368 g/mol. The second-order valence-electron chi connectivity index (χ2n) is 7.26. The molecule has 0 spiro atoms. The van der Waals surface area contributed by atoms with Gasteiger partial charge in [-0.15, -0.1) is 0 Å². The van der Waals surface area contributed by atoms with Crippen molar-refractivity contribution in [2.75, 3.05) is 19.4 Å². The summed E-state index contributed by atoms with van der Waals surface area (Å²) in [4.78, 5) is 0. The predicted octanol–water partition coefficient (Wildman–Crippen LogP) is 1.71. The minimum atomic E-state index is -3.21. The van der Waals surface area contributed by atoms with Crippen molar-refractivity contribution in [2.24, 2.45) is 0 Å². The van der Waals surface area contributed by atoms with Gasteiger partial charge in [-0.2, -0.15) is 0 Å². The normalized spacial score (nSPS) is 30.4. The van der Waals surface area contributed by atoms with Gasteiger partial charge < -0.3 is 15.2 Å². The fourth-order valence-electron chi connectivity index (χ4n) is 3.96. The minimum absolute atomic E-state index is 0.0169. The number of piperidine rings is 1. The van der Waals surface area contributed by atoms with Crippen molar-refractivity contribution >= 4 is 10.0 Å². The Balaban J connectivity index is 1.51. The zero-order valence-electron chi connectivity index (χ0n) is 14.6. The number of aromatic hydroxyl groups is 1. The van der Waals surface area contributed by atoms with E-state index in [0.717, 1.165) is 38.6 Å². The van der Waals surface area contributed by atoms with Crippen molar-refractivity contribution < 1.29 is 18.3 Å². The van der Waals surface area contributed by atoms with Crippen LogP contribution in [0.25, 0.3) is 0 Å². The van der Waals surface area contributed by atoms with E-state index in [0.29, 0.717) is 18.3 Å². The van der Waals surface area contributed by atoms with Crippen LogP contribution in [0.3, 0.4) is 0 Å². The second-order valence-corrected chi connectivity index (χ2v) is 9.04. The van der Waals surface area contributed by atoms with Crippen LogP contribution in [0.5, 0.6) is 5.75 Å². The van der Waals surface area contributed by atoms with Crippen LogP contribution in [-0.4, -0.2) is 51.1 Å². The Labute approximate surface area is 150 Å². The lowest BCUT2D eigenvalue weighted by Gasteiger charge is -2.33. The first-order valence-electron chi connectivity index (χ1n) is 9.02. The Morgan fingerprint density at radius 1 is 1.32 bits per heavy atom. The van der Waals surface area contributed by atoms with Crippen LogP contribution in [0, 0.1) is 0 Å². The van der Waals surface area contributed by atoms with Gasteiger partial charge in [-0.3, -0.25) is 0 Å². The molecule has 1 saturated heterocycles.